The number of hydrogen-bond donors (Lipinski definition) is 1. The number of fused-ring (bicyclic) bond motifs is 1. The number of nitrogens with zero attached hydrogens (tertiary/aromatic N) is 2. The van der Waals surface area contributed by atoms with Gasteiger partial charge < -0.3 is 10.1 Å². The van der Waals surface area contributed by atoms with Gasteiger partial charge in [0.05, 0.1) is 12.0 Å². The maximum atomic E-state index is 11.8. The summed E-state index contributed by atoms with van der Waals surface area (Å²) in [6.45, 7) is 3.15. The second kappa shape index (κ2) is 9.12. The highest BCUT2D eigenvalue weighted by molar-refractivity contribution is 7.99. The smallest absolute Gasteiger partial charge is 0.220 e. The highest BCUT2D eigenvalue weighted by Crippen LogP contribution is 2.37. The number of thioether (sulfide) groups is 1. The van der Waals surface area contributed by atoms with Crippen LogP contribution in [0.4, 0.5) is 0 Å². The predicted molar refractivity (Wildman–Crippen MR) is 108 cm³/mol. The first kappa shape index (κ1) is 18.8. The summed E-state index contributed by atoms with van der Waals surface area (Å²) >= 11 is 3.22. The molecule has 2 heterocycles. The maximum absolute atomic E-state index is 11.8. The van der Waals surface area contributed by atoms with Gasteiger partial charge in [0.15, 0.2) is 0 Å². The zero-order chi connectivity index (χ0) is 18.4. The third-order valence-electron chi connectivity index (χ3n) is 3.89. The fraction of sp³-hybridized carbons (Fsp3) is 0.316. The standard InChI is InChI=1S/C19H21N3O2S2/c1-13-3-5-14(6-4-13)15-11-26-19-17(15)18(21-12-22-19)25-10-7-16(23)20-8-9-24-2/h3-6,11-12H,7-10H2,1-2H3,(H,20,23). The summed E-state index contributed by atoms with van der Waals surface area (Å²) in [5.41, 5.74) is 3.55. The van der Waals surface area contributed by atoms with E-state index in [2.05, 4.69) is 51.9 Å². The molecule has 7 heteroatoms. The Morgan fingerprint density at radius 2 is 2.08 bits per heavy atom. The van der Waals surface area contributed by atoms with Crippen LogP contribution in [0.2, 0.25) is 0 Å². The number of carbonyl (C=O) groups is 1. The van der Waals surface area contributed by atoms with Crippen molar-refractivity contribution >= 4 is 39.2 Å². The third kappa shape index (κ3) is 4.60. The minimum Gasteiger partial charge on any atom is -0.383 e. The van der Waals surface area contributed by atoms with Gasteiger partial charge in [0.2, 0.25) is 5.91 Å². The van der Waals surface area contributed by atoms with Crippen LogP contribution in [0, 0.1) is 6.92 Å². The summed E-state index contributed by atoms with van der Waals surface area (Å²) in [6.07, 6.45) is 2.04. The molecule has 0 saturated carbocycles. The summed E-state index contributed by atoms with van der Waals surface area (Å²) in [5, 5.41) is 6.97. The van der Waals surface area contributed by atoms with Gasteiger partial charge in [-0.3, -0.25) is 4.79 Å². The monoisotopic (exact) mass is 387 g/mol. The number of aryl methyl sites for hydroxylation is 1. The normalized spacial score (nSPS) is 11.0. The van der Waals surface area contributed by atoms with E-state index < -0.39 is 0 Å². The third-order valence-corrected chi connectivity index (χ3v) is 5.77. The molecular formula is C19H21N3O2S2. The Morgan fingerprint density at radius 3 is 2.85 bits per heavy atom. The Morgan fingerprint density at radius 1 is 1.27 bits per heavy atom. The van der Waals surface area contributed by atoms with Crippen molar-refractivity contribution in [1.29, 1.82) is 0 Å². The summed E-state index contributed by atoms with van der Waals surface area (Å²) in [4.78, 5) is 21.7. The topological polar surface area (TPSA) is 64.1 Å². The van der Waals surface area contributed by atoms with Crippen LogP contribution >= 0.6 is 23.1 Å². The molecule has 0 aliphatic carbocycles. The van der Waals surface area contributed by atoms with Crippen LogP contribution in [0.15, 0.2) is 41.0 Å². The van der Waals surface area contributed by atoms with Gasteiger partial charge in [0.1, 0.15) is 16.2 Å². The van der Waals surface area contributed by atoms with Crippen LogP contribution in [-0.4, -0.2) is 41.9 Å². The number of carbonyl (C=O) groups excluding carboxylic acids is 1. The number of amides is 1. The Labute approximate surface area is 161 Å². The molecule has 0 aliphatic heterocycles. The summed E-state index contributed by atoms with van der Waals surface area (Å²) in [5.74, 6) is 0.706. The van der Waals surface area contributed by atoms with E-state index in [4.69, 9.17) is 4.74 Å². The lowest BCUT2D eigenvalue weighted by molar-refractivity contribution is -0.120. The van der Waals surface area contributed by atoms with Gasteiger partial charge in [0.25, 0.3) is 0 Å². The van der Waals surface area contributed by atoms with E-state index in [0.717, 1.165) is 26.4 Å². The minimum absolute atomic E-state index is 0.0314. The van der Waals surface area contributed by atoms with Crippen molar-refractivity contribution in [2.24, 2.45) is 0 Å². The SMILES string of the molecule is COCCNC(=O)CCSc1ncnc2scc(-c3ccc(C)cc3)c12. The fourth-order valence-corrected chi connectivity index (χ4v) is 4.46. The van der Waals surface area contributed by atoms with Crippen LogP contribution in [0.3, 0.4) is 0 Å². The Bertz CT molecular complexity index is 878. The molecule has 26 heavy (non-hydrogen) atoms. The summed E-state index contributed by atoms with van der Waals surface area (Å²) in [6, 6.07) is 8.47. The molecular weight excluding hydrogens is 366 g/mol. The van der Waals surface area contributed by atoms with E-state index in [0.29, 0.717) is 25.3 Å². The van der Waals surface area contributed by atoms with Gasteiger partial charge in [-0.1, -0.05) is 29.8 Å². The molecule has 0 unspecified atom stereocenters. The molecule has 1 amide bonds. The average Bonchev–Trinajstić information content (AvgIpc) is 3.08. The van der Waals surface area contributed by atoms with Gasteiger partial charge in [-0.2, -0.15) is 0 Å². The largest absolute Gasteiger partial charge is 0.383 e. The van der Waals surface area contributed by atoms with Crippen LogP contribution < -0.4 is 5.32 Å². The fourth-order valence-electron chi connectivity index (χ4n) is 2.52. The molecule has 0 saturated heterocycles. The summed E-state index contributed by atoms with van der Waals surface area (Å²) in [7, 11) is 1.62. The van der Waals surface area contributed by atoms with Crippen LogP contribution in [0.5, 0.6) is 0 Å². The molecule has 1 aromatic carbocycles. The van der Waals surface area contributed by atoms with E-state index in [1.807, 2.05) is 0 Å². The molecule has 0 fully saturated rings. The number of hydrogen-bond acceptors (Lipinski definition) is 6. The van der Waals surface area contributed by atoms with Crippen molar-refractivity contribution in [3.05, 3.63) is 41.5 Å². The number of thiophene rings is 1. The highest BCUT2D eigenvalue weighted by atomic mass is 32.2. The number of aromatic nitrogens is 2. The Hall–Kier alpha value is -1.96. The molecule has 1 N–H and O–H groups in total. The van der Waals surface area contributed by atoms with Crippen molar-refractivity contribution < 1.29 is 9.53 Å². The van der Waals surface area contributed by atoms with Crippen LogP contribution in [-0.2, 0) is 9.53 Å². The molecule has 2 aromatic heterocycles. The first-order valence-corrected chi connectivity index (χ1v) is 10.2. The van der Waals surface area contributed by atoms with Crippen molar-refractivity contribution in [2.45, 2.75) is 18.4 Å². The summed E-state index contributed by atoms with van der Waals surface area (Å²) < 4.78 is 4.93. The first-order valence-electron chi connectivity index (χ1n) is 8.36. The molecule has 3 aromatic rings. The van der Waals surface area contributed by atoms with Crippen molar-refractivity contribution in [3.8, 4) is 11.1 Å². The zero-order valence-electron chi connectivity index (χ0n) is 14.8. The van der Waals surface area contributed by atoms with Crippen LogP contribution in [0.25, 0.3) is 21.3 Å². The van der Waals surface area contributed by atoms with Crippen LogP contribution in [0.1, 0.15) is 12.0 Å². The zero-order valence-corrected chi connectivity index (χ0v) is 16.5. The lowest BCUT2D eigenvalue weighted by Crippen LogP contribution is -2.27. The second-order valence-electron chi connectivity index (χ2n) is 5.82. The quantitative estimate of drug-likeness (QED) is 0.361. The molecule has 0 atom stereocenters. The predicted octanol–water partition coefficient (Wildman–Crippen LogP) is 3.91. The number of methoxy groups -OCH3 is 1. The van der Waals surface area contributed by atoms with E-state index in [1.165, 1.54) is 5.56 Å². The molecule has 5 nitrogen and oxygen atoms in total. The molecule has 3 rings (SSSR count). The lowest BCUT2D eigenvalue weighted by atomic mass is 10.1. The Balaban J connectivity index is 1.73. The number of nitrogens with one attached hydrogen (secondary N) is 1. The van der Waals surface area contributed by atoms with Gasteiger partial charge >= 0.3 is 0 Å². The molecule has 0 bridgehead atoms. The van der Waals surface area contributed by atoms with E-state index >= 15 is 0 Å². The molecule has 0 radical (unpaired) electrons. The number of ether oxygens (including phenoxy) is 1. The lowest BCUT2D eigenvalue weighted by Gasteiger charge is -2.06. The first-order chi connectivity index (χ1) is 12.7. The second-order valence-corrected chi connectivity index (χ2v) is 7.76. The maximum Gasteiger partial charge on any atom is 0.220 e. The Kier molecular flexibility index (Phi) is 6.60. The van der Waals surface area contributed by atoms with E-state index in [1.54, 1.807) is 36.5 Å². The molecule has 0 aliphatic rings. The van der Waals surface area contributed by atoms with Gasteiger partial charge in [0, 0.05) is 36.8 Å². The van der Waals surface area contributed by atoms with Crippen molar-refractivity contribution in [1.82, 2.24) is 15.3 Å². The van der Waals surface area contributed by atoms with E-state index in [-0.39, 0.29) is 5.91 Å². The highest BCUT2D eigenvalue weighted by Gasteiger charge is 2.14. The van der Waals surface area contributed by atoms with Crippen molar-refractivity contribution in [2.75, 3.05) is 26.0 Å². The van der Waals surface area contributed by atoms with Gasteiger partial charge in [-0.25, -0.2) is 9.97 Å². The molecule has 0 spiro atoms. The number of rotatable bonds is 8. The average molecular weight is 388 g/mol. The molecule has 136 valence electrons. The minimum atomic E-state index is 0.0314. The van der Waals surface area contributed by atoms with Crippen molar-refractivity contribution in [3.63, 3.8) is 0 Å². The van der Waals surface area contributed by atoms with Gasteiger partial charge in [-0.15, -0.1) is 23.1 Å². The number of benzene rings is 1. The van der Waals surface area contributed by atoms with E-state index in [9.17, 15) is 4.79 Å². The van der Waals surface area contributed by atoms with Gasteiger partial charge in [-0.05, 0) is 12.5 Å².